The second-order valence-corrected chi connectivity index (χ2v) is 9.63. The zero-order valence-corrected chi connectivity index (χ0v) is 19.5. The van der Waals surface area contributed by atoms with Crippen molar-refractivity contribution in [3.05, 3.63) is 88.4 Å². The third-order valence-corrected chi connectivity index (χ3v) is 6.44. The van der Waals surface area contributed by atoms with Crippen LogP contribution in [0.15, 0.2) is 82.2 Å². The summed E-state index contributed by atoms with van der Waals surface area (Å²) >= 11 is 3.42. The van der Waals surface area contributed by atoms with E-state index in [9.17, 15) is 13.2 Å². The molecule has 6 nitrogen and oxygen atoms in total. The normalized spacial score (nSPS) is 12.1. The van der Waals surface area contributed by atoms with Crippen molar-refractivity contribution in [2.24, 2.45) is 0 Å². The summed E-state index contributed by atoms with van der Waals surface area (Å²) in [6, 6.07) is 20.7. The maximum Gasteiger partial charge on any atom is 0.261 e. The van der Waals surface area contributed by atoms with Crippen molar-refractivity contribution in [3.8, 4) is 5.75 Å². The Bertz CT molecular complexity index is 1170. The zero-order chi connectivity index (χ0) is 22.4. The Morgan fingerprint density at radius 3 is 2.45 bits per heavy atom. The number of para-hydroxylation sites is 1. The highest BCUT2D eigenvalue weighted by molar-refractivity contribution is 9.10. The van der Waals surface area contributed by atoms with Crippen LogP contribution in [0.4, 0.5) is 5.69 Å². The Balaban J connectivity index is 1.60. The minimum atomic E-state index is -3.72. The number of carbonyl (C=O) groups excluding carboxylic acids is 1. The first kappa shape index (κ1) is 22.8. The summed E-state index contributed by atoms with van der Waals surface area (Å²) in [6.07, 6.45) is 0. The molecular weight excluding hydrogens is 480 g/mol. The molecule has 0 aromatic heterocycles. The maximum absolute atomic E-state index is 12.6. The van der Waals surface area contributed by atoms with Crippen molar-refractivity contribution in [1.29, 1.82) is 0 Å². The number of ether oxygens (including phenoxy) is 1. The summed E-state index contributed by atoms with van der Waals surface area (Å²) in [5.74, 6) is 0.179. The van der Waals surface area contributed by atoms with Gasteiger partial charge in [-0.1, -0.05) is 46.3 Å². The lowest BCUT2D eigenvalue weighted by Gasteiger charge is -2.16. The molecule has 0 spiro atoms. The molecular formula is C23H23BrN2O4S. The molecule has 8 heteroatoms. The average Bonchev–Trinajstić information content (AvgIpc) is 2.73. The molecule has 0 aliphatic heterocycles. The van der Waals surface area contributed by atoms with E-state index in [1.54, 1.807) is 37.3 Å². The largest absolute Gasteiger partial charge is 0.484 e. The minimum absolute atomic E-state index is 0.119. The van der Waals surface area contributed by atoms with Crippen molar-refractivity contribution >= 4 is 37.5 Å². The van der Waals surface area contributed by atoms with Crippen LogP contribution in [-0.4, -0.2) is 20.9 Å². The first-order valence-corrected chi connectivity index (χ1v) is 11.9. The number of anilines is 1. The SMILES string of the molecule is Cc1cc(S(=O)(=O)Nc2ccccc2)ccc1OCC(=O)N[C@H](C)c1cccc(Br)c1. The Hall–Kier alpha value is -2.84. The van der Waals surface area contributed by atoms with E-state index in [1.807, 2.05) is 37.3 Å². The van der Waals surface area contributed by atoms with E-state index in [2.05, 4.69) is 26.0 Å². The topological polar surface area (TPSA) is 84.5 Å². The fourth-order valence-corrected chi connectivity index (χ4v) is 4.52. The van der Waals surface area contributed by atoms with Crippen molar-refractivity contribution in [3.63, 3.8) is 0 Å². The molecule has 31 heavy (non-hydrogen) atoms. The maximum atomic E-state index is 12.6. The van der Waals surface area contributed by atoms with Gasteiger partial charge in [-0.25, -0.2) is 8.42 Å². The summed E-state index contributed by atoms with van der Waals surface area (Å²) in [7, 11) is -3.72. The Morgan fingerprint density at radius 2 is 1.77 bits per heavy atom. The van der Waals surface area contributed by atoms with Gasteiger partial charge in [0, 0.05) is 10.2 Å². The molecule has 3 aromatic rings. The summed E-state index contributed by atoms with van der Waals surface area (Å²) in [6.45, 7) is 3.46. The van der Waals surface area contributed by atoms with Gasteiger partial charge in [0.2, 0.25) is 0 Å². The third kappa shape index (κ3) is 6.32. The molecule has 0 aliphatic carbocycles. The Morgan fingerprint density at radius 1 is 1.03 bits per heavy atom. The van der Waals surface area contributed by atoms with Crippen molar-refractivity contribution in [2.75, 3.05) is 11.3 Å². The van der Waals surface area contributed by atoms with Crippen LogP contribution in [0.3, 0.4) is 0 Å². The molecule has 0 radical (unpaired) electrons. The number of nitrogens with one attached hydrogen (secondary N) is 2. The Kier molecular flexibility index (Phi) is 7.35. The van der Waals surface area contributed by atoms with Crippen LogP contribution >= 0.6 is 15.9 Å². The van der Waals surface area contributed by atoms with Gasteiger partial charge in [-0.3, -0.25) is 9.52 Å². The van der Waals surface area contributed by atoms with Gasteiger partial charge in [0.1, 0.15) is 5.75 Å². The van der Waals surface area contributed by atoms with Gasteiger partial charge in [-0.2, -0.15) is 0 Å². The molecule has 0 unspecified atom stereocenters. The molecule has 1 amide bonds. The minimum Gasteiger partial charge on any atom is -0.484 e. The molecule has 3 aromatic carbocycles. The number of hydrogen-bond donors (Lipinski definition) is 2. The number of sulfonamides is 1. The zero-order valence-electron chi connectivity index (χ0n) is 17.1. The van der Waals surface area contributed by atoms with Crippen molar-refractivity contribution < 1.29 is 17.9 Å². The second kappa shape index (κ2) is 9.98. The van der Waals surface area contributed by atoms with Crippen molar-refractivity contribution in [2.45, 2.75) is 24.8 Å². The van der Waals surface area contributed by atoms with Crippen LogP contribution in [0, 0.1) is 6.92 Å². The van der Waals surface area contributed by atoms with Gasteiger partial charge in [-0.15, -0.1) is 0 Å². The molecule has 1 atom stereocenters. The number of hydrogen-bond acceptors (Lipinski definition) is 4. The lowest BCUT2D eigenvalue weighted by molar-refractivity contribution is -0.123. The highest BCUT2D eigenvalue weighted by Crippen LogP contribution is 2.24. The summed E-state index contributed by atoms with van der Waals surface area (Å²) in [5.41, 5.74) is 2.07. The van der Waals surface area contributed by atoms with E-state index in [0.717, 1.165) is 10.0 Å². The van der Waals surface area contributed by atoms with Crippen LogP contribution in [0.5, 0.6) is 5.75 Å². The molecule has 0 fully saturated rings. The Labute approximate surface area is 190 Å². The molecule has 0 saturated heterocycles. The van der Waals surface area contributed by atoms with Gasteiger partial charge < -0.3 is 10.1 Å². The lowest BCUT2D eigenvalue weighted by atomic mass is 10.1. The van der Waals surface area contributed by atoms with Gasteiger partial charge in [0.05, 0.1) is 10.9 Å². The molecule has 2 N–H and O–H groups in total. The van der Waals surface area contributed by atoms with Crippen LogP contribution in [0.2, 0.25) is 0 Å². The number of rotatable bonds is 8. The summed E-state index contributed by atoms with van der Waals surface area (Å²) in [5, 5.41) is 2.89. The number of amides is 1. The fraction of sp³-hybridized carbons (Fsp3) is 0.174. The van der Waals surface area contributed by atoms with Gasteiger partial charge in [-0.05, 0) is 67.4 Å². The monoisotopic (exact) mass is 502 g/mol. The third-order valence-electron chi connectivity index (χ3n) is 4.57. The smallest absolute Gasteiger partial charge is 0.261 e. The summed E-state index contributed by atoms with van der Waals surface area (Å²) in [4.78, 5) is 12.4. The van der Waals surface area contributed by atoms with E-state index in [4.69, 9.17) is 4.74 Å². The summed E-state index contributed by atoms with van der Waals surface area (Å²) < 4.78 is 34.3. The highest BCUT2D eigenvalue weighted by atomic mass is 79.9. The number of benzene rings is 3. The number of aryl methyl sites for hydroxylation is 1. The second-order valence-electron chi connectivity index (χ2n) is 7.03. The van der Waals surface area contributed by atoms with E-state index in [1.165, 1.54) is 12.1 Å². The quantitative estimate of drug-likeness (QED) is 0.462. The van der Waals surface area contributed by atoms with Crippen LogP contribution in [0.25, 0.3) is 0 Å². The fourth-order valence-electron chi connectivity index (χ4n) is 2.96. The average molecular weight is 503 g/mol. The standard InChI is InChI=1S/C23H23BrN2O4S/c1-16-13-21(31(28,29)26-20-9-4-3-5-10-20)11-12-22(16)30-15-23(27)25-17(2)18-7-6-8-19(24)14-18/h3-14,17,26H,15H2,1-2H3,(H,25,27)/t17-/m1/s1. The van der Waals surface area contributed by atoms with Crippen LogP contribution in [-0.2, 0) is 14.8 Å². The van der Waals surface area contributed by atoms with E-state index in [-0.39, 0.29) is 23.5 Å². The highest BCUT2D eigenvalue weighted by Gasteiger charge is 2.16. The van der Waals surface area contributed by atoms with Gasteiger partial charge in [0.25, 0.3) is 15.9 Å². The van der Waals surface area contributed by atoms with E-state index >= 15 is 0 Å². The first-order valence-electron chi connectivity index (χ1n) is 9.61. The molecule has 0 saturated carbocycles. The van der Waals surface area contributed by atoms with Gasteiger partial charge in [0.15, 0.2) is 6.61 Å². The molecule has 0 bridgehead atoms. The lowest BCUT2D eigenvalue weighted by Crippen LogP contribution is -2.31. The molecule has 0 heterocycles. The molecule has 3 rings (SSSR count). The molecule has 162 valence electrons. The predicted molar refractivity (Wildman–Crippen MR) is 125 cm³/mol. The van der Waals surface area contributed by atoms with E-state index in [0.29, 0.717) is 17.0 Å². The molecule has 0 aliphatic rings. The first-order chi connectivity index (χ1) is 14.7. The van der Waals surface area contributed by atoms with Crippen molar-refractivity contribution in [1.82, 2.24) is 5.32 Å². The van der Waals surface area contributed by atoms with Crippen LogP contribution in [0.1, 0.15) is 24.1 Å². The van der Waals surface area contributed by atoms with Gasteiger partial charge >= 0.3 is 0 Å². The number of halogens is 1. The number of carbonyl (C=O) groups is 1. The van der Waals surface area contributed by atoms with E-state index < -0.39 is 10.0 Å². The van der Waals surface area contributed by atoms with Crippen LogP contribution < -0.4 is 14.8 Å². The predicted octanol–water partition coefficient (Wildman–Crippen LogP) is 4.81.